The van der Waals surface area contributed by atoms with Crippen LogP contribution in [-0.4, -0.2) is 9.91 Å². The highest BCUT2D eigenvalue weighted by atomic mass is 79.9. The standard InChI is InChI=1S/C14H13BrFN3O2/c1-8-6-17-13(9(2)14(8)19(20)21)7-18-12-5-10(15)3-4-11(12)16/h3-6,18H,7H2,1-2H3. The lowest BCUT2D eigenvalue weighted by atomic mass is 10.1. The molecule has 0 aliphatic heterocycles. The molecule has 0 spiro atoms. The molecule has 0 bridgehead atoms. The van der Waals surface area contributed by atoms with Crippen molar-refractivity contribution in [2.45, 2.75) is 20.4 Å². The van der Waals surface area contributed by atoms with Crippen LogP contribution in [0, 0.1) is 29.8 Å². The highest BCUT2D eigenvalue weighted by Gasteiger charge is 2.18. The summed E-state index contributed by atoms with van der Waals surface area (Å²) in [5, 5.41) is 14.0. The number of benzene rings is 1. The van der Waals surface area contributed by atoms with E-state index in [-0.39, 0.29) is 12.2 Å². The number of nitrogens with one attached hydrogen (secondary N) is 1. The number of pyridine rings is 1. The Balaban J connectivity index is 2.27. The number of nitrogens with zero attached hydrogens (tertiary/aromatic N) is 2. The first-order chi connectivity index (χ1) is 9.90. The second-order valence-electron chi connectivity index (χ2n) is 4.60. The summed E-state index contributed by atoms with van der Waals surface area (Å²) >= 11 is 3.27. The predicted molar refractivity (Wildman–Crippen MR) is 81.8 cm³/mol. The molecule has 0 fully saturated rings. The summed E-state index contributed by atoms with van der Waals surface area (Å²) in [7, 11) is 0. The van der Waals surface area contributed by atoms with E-state index in [1.807, 2.05) is 0 Å². The van der Waals surface area contributed by atoms with E-state index in [2.05, 4.69) is 26.2 Å². The summed E-state index contributed by atoms with van der Waals surface area (Å²) in [6, 6.07) is 4.54. The van der Waals surface area contributed by atoms with Gasteiger partial charge in [0.25, 0.3) is 5.69 Å². The molecule has 5 nitrogen and oxygen atoms in total. The van der Waals surface area contributed by atoms with Crippen molar-refractivity contribution < 1.29 is 9.31 Å². The van der Waals surface area contributed by atoms with Crippen LogP contribution in [0.4, 0.5) is 15.8 Å². The molecule has 0 saturated heterocycles. The number of halogens is 2. The van der Waals surface area contributed by atoms with Gasteiger partial charge in [-0.15, -0.1) is 0 Å². The Kier molecular flexibility index (Phi) is 4.52. The van der Waals surface area contributed by atoms with Crippen LogP contribution in [0.3, 0.4) is 0 Å². The van der Waals surface area contributed by atoms with Gasteiger partial charge < -0.3 is 5.32 Å². The third-order valence-corrected chi connectivity index (χ3v) is 3.63. The minimum absolute atomic E-state index is 0.0523. The maximum Gasteiger partial charge on any atom is 0.278 e. The fourth-order valence-electron chi connectivity index (χ4n) is 2.04. The van der Waals surface area contributed by atoms with Crippen molar-refractivity contribution in [2.24, 2.45) is 0 Å². The SMILES string of the molecule is Cc1cnc(CNc2cc(Br)ccc2F)c(C)c1[N+](=O)[O-]. The van der Waals surface area contributed by atoms with Gasteiger partial charge >= 0.3 is 0 Å². The van der Waals surface area contributed by atoms with Crippen LogP contribution in [0.15, 0.2) is 28.9 Å². The number of aromatic nitrogens is 1. The Morgan fingerprint density at radius 2 is 2.14 bits per heavy atom. The van der Waals surface area contributed by atoms with Crippen molar-refractivity contribution in [1.82, 2.24) is 4.98 Å². The third kappa shape index (κ3) is 3.36. The Morgan fingerprint density at radius 3 is 2.81 bits per heavy atom. The molecule has 1 aromatic carbocycles. The van der Waals surface area contributed by atoms with Gasteiger partial charge in [-0.3, -0.25) is 15.1 Å². The minimum Gasteiger partial charge on any atom is -0.377 e. The highest BCUT2D eigenvalue weighted by molar-refractivity contribution is 9.10. The fraction of sp³-hybridized carbons (Fsp3) is 0.214. The largest absolute Gasteiger partial charge is 0.377 e. The summed E-state index contributed by atoms with van der Waals surface area (Å²) in [5.74, 6) is -0.391. The van der Waals surface area contributed by atoms with E-state index >= 15 is 0 Å². The molecule has 0 atom stereocenters. The Labute approximate surface area is 129 Å². The monoisotopic (exact) mass is 353 g/mol. The number of rotatable bonds is 4. The van der Waals surface area contributed by atoms with Gasteiger partial charge in [0.05, 0.1) is 28.4 Å². The lowest BCUT2D eigenvalue weighted by molar-refractivity contribution is -0.386. The van der Waals surface area contributed by atoms with Gasteiger partial charge in [-0.25, -0.2) is 4.39 Å². The quantitative estimate of drug-likeness (QED) is 0.663. The zero-order chi connectivity index (χ0) is 15.6. The molecule has 1 N–H and O–H groups in total. The van der Waals surface area contributed by atoms with Crippen molar-refractivity contribution in [3.63, 3.8) is 0 Å². The van der Waals surface area contributed by atoms with Gasteiger partial charge in [0.2, 0.25) is 0 Å². The van der Waals surface area contributed by atoms with Gasteiger partial charge in [0, 0.05) is 16.2 Å². The summed E-state index contributed by atoms with van der Waals surface area (Å²) in [6.07, 6.45) is 1.46. The number of hydrogen-bond acceptors (Lipinski definition) is 4. The molecule has 0 aliphatic rings. The van der Waals surface area contributed by atoms with E-state index in [4.69, 9.17) is 0 Å². The predicted octanol–water partition coefficient (Wildman–Crippen LogP) is 4.12. The number of aryl methyl sites for hydroxylation is 1. The van der Waals surface area contributed by atoms with Crippen LogP contribution in [0.1, 0.15) is 16.8 Å². The van der Waals surface area contributed by atoms with E-state index < -0.39 is 10.7 Å². The van der Waals surface area contributed by atoms with Crippen LogP contribution in [0.2, 0.25) is 0 Å². The molecule has 0 radical (unpaired) electrons. The molecule has 110 valence electrons. The summed E-state index contributed by atoms with van der Waals surface area (Å²) < 4.78 is 14.4. The maximum atomic E-state index is 13.6. The van der Waals surface area contributed by atoms with E-state index in [9.17, 15) is 14.5 Å². The molecule has 0 unspecified atom stereocenters. The minimum atomic E-state index is -0.421. The lowest BCUT2D eigenvalue weighted by Crippen LogP contribution is -2.08. The average Bonchev–Trinajstić information content (AvgIpc) is 2.41. The van der Waals surface area contributed by atoms with Crippen LogP contribution in [0.5, 0.6) is 0 Å². The first kappa shape index (κ1) is 15.4. The normalized spacial score (nSPS) is 10.5. The van der Waals surface area contributed by atoms with Crippen molar-refractivity contribution in [2.75, 3.05) is 5.32 Å². The van der Waals surface area contributed by atoms with Crippen LogP contribution >= 0.6 is 15.9 Å². The Morgan fingerprint density at radius 1 is 1.43 bits per heavy atom. The van der Waals surface area contributed by atoms with E-state index in [1.54, 1.807) is 26.0 Å². The second-order valence-corrected chi connectivity index (χ2v) is 5.51. The molecular weight excluding hydrogens is 341 g/mol. The third-order valence-electron chi connectivity index (χ3n) is 3.13. The topological polar surface area (TPSA) is 68.1 Å². The molecule has 7 heteroatoms. The summed E-state index contributed by atoms with van der Waals surface area (Å²) in [5.41, 5.74) is 1.88. The van der Waals surface area contributed by atoms with Crippen LogP contribution in [-0.2, 0) is 6.54 Å². The van der Waals surface area contributed by atoms with Gasteiger partial charge in [0.1, 0.15) is 5.82 Å². The van der Waals surface area contributed by atoms with E-state index in [0.29, 0.717) is 22.5 Å². The number of nitro groups is 1. The first-order valence-electron chi connectivity index (χ1n) is 6.18. The van der Waals surface area contributed by atoms with Gasteiger partial charge in [-0.1, -0.05) is 15.9 Å². The lowest BCUT2D eigenvalue weighted by Gasteiger charge is -2.10. The molecule has 1 aromatic heterocycles. The maximum absolute atomic E-state index is 13.6. The van der Waals surface area contributed by atoms with Crippen molar-refractivity contribution in [3.05, 3.63) is 61.6 Å². The number of anilines is 1. The molecule has 1 heterocycles. The van der Waals surface area contributed by atoms with Crippen LogP contribution in [0.25, 0.3) is 0 Å². The zero-order valence-corrected chi connectivity index (χ0v) is 13.1. The fourth-order valence-corrected chi connectivity index (χ4v) is 2.40. The first-order valence-corrected chi connectivity index (χ1v) is 6.98. The smallest absolute Gasteiger partial charge is 0.278 e. The molecule has 0 saturated carbocycles. The molecule has 2 aromatic rings. The molecule has 0 amide bonds. The summed E-state index contributed by atoms with van der Waals surface area (Å²) in [6.45, 7) is 3.50. The summed E-state index contributed by atoms with van der Waals surface area (Å²) in [4.78, 5) is 14.8. The van der Waals surface area contributed by atoms with Crippen molar-refractivity contribution >= 4 is 27.3 Å². The van der Waals surface area contributed by atoms with Crippen LogP contribution < -0.4 is 5.32 Å². The van der Waals surface area contributed by atoms with Gasteiger partial charge in [-0.2, -0.15) is 0 Å². The second kappa shape index (κ2) is 6.17. The molecular formula is C14H13BrFN3O2. The highest BCUT2D eigenvalue weighted by Crippen LogP contribution is 2.25. The van der Waals surface area contributed by atoms with Gasteiger partial charge in [0.15, 0.2) is 0 Å². The average molecular weight is 354 g/mol. The molecule has 2 rings (SSSR count). The zero-order valence-electron chi connectivity index (χ0n) is 11.5. The van der Waals surface area contributed by atoms with Crippen molar-refractivity contribution in [3.8, 4) is 0 Å². The van der Waals surface area contributed by atoms with Gasteiger partial charge in [-0.05, 0) is 32.0 Å². The molecule has 21 heavy (non-hydrogen) atoms. The number of hydrogen-bond donors (Lipinski definition) is 1. The Hall–Kier alpha value is -2.02. The van der Waals surface area contributed by atoms with E-state index in [0.717, 1.165) is 4.47 Å². The Bertz CT molecular complexity index is 707. The molecule has 0 aliphatic carbocycles. The van der Waals surface area contributed by atoms with Crippen molar-refractivity contribution in [1.29, 1.82) is 0 Å². The van der Waals surface area contributed by atoms with E-state index in [1.165, 1.54) is 12.3 Å².